The number of aromatic nitrogens is 1. The molecule has 1 aliphatic heterocycles. The van der Waals surface area contributed by atoms with Crippen LogP contribution in [0.5, 0.6) is 5.75 Å². The van der Waals surface area contributed by atoms with Crippen LogP contribution in [0, 0.1) is 29.6 Å². The lowest BCUT2D eigenvalue weighted by atomic mass is 9.84. The highest BCUT2D eigenvalue weighted by Crippen LogP contribution is 2.29. The third kappa shape index (κ3) is 36.3. The van der Waals surface area contributed by atoms with Gasteiger partial charge in [0.2, 0.25) is 94.5 Å². The summed E-state index contributed by atoms with van der Waals surface area (Å²) >= 11 is 0.690. The first kappa shape index (κ1) is 114. The van der Waals surface area contributed by atoms with Crippen LogP contribution in [0.4, 0.5) is 0 Å². The van der Waals surface area contributed by atoms with Crippen LogP contribution in [-0.2, 0) is 106 Å². The van der Waals surface area contributed by atoms with Crippen molar-refractivity contribution in [2.75, 3.05) is 37.7 Å². The molecule has 0 radical (unpaired) electrons. The molecule has 43 heteroatoms. The maximum Gasteiger partial charge on any atom is 0.341 e. The molecule has 1 saturated heterocycles. The predicted octanol–water partition coefficient (Wildman–Crippen LogP) is -0.483. The molecular formula is C97H140N20O22S. The molecule has 5 aromatic rings. The van der Waals surface area contributed by atoms with Gasteiger partial charge in [-0.3, -0.25) is 81.5 Å². The van der Waals surface area contributed by atoms with Crippen LogP contribution in [0.25, 0.3) is 22.0 Å². The van der Waals surface area contributed by atoms with E-state index in [-0.39, 0.29) is 101 Å². The second-order valence-electron chi connectivity index (χ2n) is 36.8. The summed E-state index contributed by atoms with van der Waals surface area (Å²) in [6.45, 7) is 14.4. The van der Waals surface area contributed by atoms with E-state index in [4.69, 9.17) is 27.7 Å². The molecule has 1 aliphatic carbocycles. The van der Waals surface area contributed by atoms with Gasteiger partial charge in [0.15, 0.2) is 6.61 Å². The van der Waals surface area contributed by atoms with Gasteiger partial charge >= 0.3 is 11.9 Å². The number of aliphatic hydroxyl groups is 1. The van der Waals surface area contributed by atoms with Gasteiger partial charge in [0, 0.05) is 42.1 Å². The second kappa shape index (κ2) is 56.8. The lowest BCUT2D eigenvalue weighted by Crippen LogP contribution is -2.63. The number of aromatic amines is 1. The first-order valence-electron chi connectivity index (χ1n) is 47.6. The zero-order valence-electron chi connectivity index (χ0n) is 80.9. The highest BCUT2D eigenvalue weighted by Gasteiger charge is 2.42. The molecule has 2 unspecified atom stereocenters. The van der Waals surface area contributed by atoms with Crippen LogP contribution in [0.1, 0.15) is 169 Å². The number of hydrogen-bond acceptors (Lipinski definition) is 24. The number of fused-ring (bicyclic) bond motifs is 1. The summed E-state index contributed by atoms with van der Waals surface area (Å²) in [5, 5.41) is 71.3. The van der Waals surface area contributed by atoms with Gasteiger partial charge in [0.05, 0.1) is 18.3 Å². The van der Waals surface area contributed by atoms with Crippen LogP contribution < -0.4 is 107 Å². The Labute approximate surface area is 818 Å². The molecule has 1 aromatic heterocycles. The predicted molar refractivity (Wildman–Crippen MR) is 521 cm³/mol. The molecule has 17 atom stereocenters. The molecule has 766 valence electrons. The molecule has 16 amide bonds. The number of para-hydroxylation sites is 1. The van der Waals surface area contributed by atoms with Gasteiger partial charge in [-0.05, 0) is 148 Å². The van der Waals surface area contributed by atoms with Crippen LogP contribution in [0.15, 0.2) is 109 Å². The van der Waals surface area contributed by atoms with Gasteiger partial charge in [-0.1, -0.05) is 179 Å². The fourth-order valence-corrected chi connectivity index (χ4v) is 17.0. The normalized spacial score (nSPS) is 24.1. The Balaban J connectivity index is 1.34. The highest BCUT2D eigenvalue weighted by atomic mass is 32.2. The number of rotatable bonds is 31. The minimum atomic E-state index is -2.10. The van der Waals surface area contributed by atoms with Crippen molar-refractivity contribution in [3.63, 3.8) is 0 Å². The summed E-state index contributed by atoms with van der Waals surface area (Å²) in [5.74, 6) is -22.9. The topological polar surface area (TPSA) is 677 Å². The molecule has 2 aliphatic rings. The molecule has 27 N–H and O–H groups in total. The monoisotopic (exact) mass is 1970 g/mol. The molecule has 1 saturated carbocycles. The van der Waals surface area contributed by atoms with E-state index in [2.05, 4.69) is 84.7 Å². The molecule has 7 rings (SSSR count). The number of amides is 16. The summed E-state index contributed by atoms with van der Waals surface area (Å²) in [6, 6.07) is 4.75. The Morgan fingerprint density at radius 2 is 0.900 bits per heavy atom. The first-order chi connectivity index (χ1) is 66.5. The number of aliphatic hydroxyl groups excluding tert-OH is 1. The Hall–Kier alpha value is -13.1. The maximum absolute atomic E-state index is 15.5. The minimum absolute atomic E-state index is 0.0223. The Morgan fingerprint density at radius 1 is 0.457 bits per heavy atom. The number of nitrogens with two attached hydrogens (primary N) is 4. The standard InChI is InChI=1S/C97H140N20O22S/c1-11-54(8)81-96(137)106-66(27-20-38-98)84(125)107-69(41-51(2)3)87(128)105-68(37-40-100)86(127)109-71(42-57-21-14-12-15-22-57)90(131)115-80(53(6)7)95(136)117-82(56(10)118)97(138)113-75(93(134)103-55(9)83(101)124)49-140-50-76(119)104-67(36-39-99)85(126)108-70(44-59-30-34-63(35-31-59)139-48-78(122)123)88(129)111-74(46-77(120)121)89(130)110-73(45-62-47-102-65-26-19-18-25-64(62)65)92(133)114-79(52(4)5)94(135)112-72(91(132)116-81)43-58-28-32-61(33-29-58)60-23-16-13-17-24-60/h13,16-19,23-26,28-35,47,51-57,66-75,79-82,102,118H,11-12,14-15,20-22,27,36-46,48-50,98-100H2,1-10H3,(H2,101,124)(H,103,134)(H,104,119)(H,105,128)(H,106,137)(H,107,125)(H,108,126)(H,109,127)(H,110,130)(H,111,129)(H,112,135)(H,113,138)(H,114,133)(H,115,131)(H,116,132)(H,117,136)(H,120,121)(H,122,123)/t54?,55-,56?,66-,67-,68-,69+,70-,71-,72-,73-,74-,75-,79-,80-,81-,82-/m0/s1. The SMILES string of the molecule is CCC(C)[C@@H]1NC(=O)[C@H](Cc2ccc(-c3ccccc3)cc2)NC(=O)[C@H](C(C)C)NC(=O)[C@H](Cc2c[nH]c3ccccc23)NC(=O)[C@H](CC(=O)O)NC(=O)[C@H](Cc2ccc(OCC(=O)O)cc2)NC(=O)[C@H](CCN)NC(=O)CSC[C@@H](C(=O)N[C@@H](C)C(N)=O)NC(=O)[C@H](C(C)O)NC(=O)[C@H](C(C)C)NC(=O)[C@H](CC2CCCCC2)NC(=O)[C@H](CCN)NC(=O)[C@@H](CC(C)C)NC(=O)[C@H](CCCN)NC1=O. The number of carbonyl (C=O) groups is 18. The number of carboxylic acid groups (broad SMARTS) is 2. The number of hydrogen-bond donors (Lipinski definition) is 23. The molecule has 0 spiro atoms. The third-order valence-electron chi connectivity index (χ3n) is 24.3. The molecule has 140 heavy (non-hydrogen) atoms. The van der Waals surface area contributed by atoms with Gasteiger partial charge in [-0.25, -0.2) is 4.79 Å². The fraction of sp³-hybridized carbons (Fsp3) is 0.546. The van der Waals surface area contributed by atoms with Crippen molar-refractivity contribution in [3.8, 4) is 16.9 Å². The number of primary amides is 1. The van der Waals surface area contributed by atoms with E-state index in [1.165, 1.54) is 31.2 Å². The highest BCUT2D eigenvalue weighted by molar-refractivity contribution is 8.00. The van der Waals surface area contributed by atoms with Gasteiger partial charge in [0.25, 0.3) is 0 Å². The second-order valence-corrected chi connectivity index (χ2v) is 37.8. The Bertz CT molecular complexity index is 5060. The number of nitrogens with one attached hydrogen (secondary N) is 16. The van der Waals surface area contributed by atoms with E-state index in [0.29, 0.717) is 46.6 Å². The average Bonchev–Trinajstić information content (AvgIpc) is 1.43. The Kier molecular flexibility index (Phi) is 46.2. The van der Waals surface area contributed by atoms with Crippen LogP contribution in [0.2, 0.25) is 0 Å². The lowest BCUT2D eigenvalue weighted by Gasteiger charge is -2.31. The van der Waals surface area contributed by atoms with Crippen molar-refractivity contribution in [3.05, 3.63) is 126 Å². The van der Waals surface area contributed by atoms with Crippen LogP contribution in [-0.4, -0.2) is 261 Å². The lowest BCUT2D eigenvalue weighted by molar-refractivity contribution is -0.142. The number of ether oxygens (including phenoxy) is 1. The quantitative estimate of drug-likeness (QED) is 0.0266. The van der Waals surface area contributed by atoms with Crippen molar-refractivity contribution < 1.29 is 106 Å². The number of carbonyl (C=O) groups excluding carboxylic acids is 16. The number of benzene rings is 4. The molecule has 2 heterocycles. The van der Waals surface area contributed by atoms with E-state index in [1.807, 2.05) is 30.3 Å². The van der Waals surface area contributed by atoms with E-state index in [0.717, 1.165) is 37.3 Å². The van der Waals surface area contributed by atoms with Gasteiger partial charge in [-0.15, -0.1) is 11.8 Å². The largest absolute Gasteiger partial charge is 0.482 e. The minimum Gasteiger partial charge on any atom is -0.482 e. The fourth-order valence-electron chi connectivity index (χ4n) is 16.2. The molecule has 0 bridgehead atoms. The number of carboxylic acids is 2. The first-order valence-corrected chi connectivity index (χ1v) is 48.7. The number of thioether (sulfide) groups is 1. The average molecular weight is 1970 g/mol. The maximum atomic E-state index is 15.5. The molecule has 42 nitrogen and oxygen atoms in total. The van der Waals surface area contributed by atoms with Crippen molar-refractivity contribution in [1.82, 2.24) is 84.7 Å². The van der Waals surface area contributed by atoms with Gasteiger partial charge in [0.1, 0.15) is 96.4 Å². The van der Waals surface area contributed by atoms with Crippen molar-refractivity contribution in [2.24, 2.45) is 52.5 Å². The molecule has 4 aromatic carbocycles. The van der Waals surface area contributed by atoms with Gasteiger partial charge in [-0.2, -0.15) is 0 Å². The smallest absolute Gasteiger partial charge is 0.341 e. The van der Waals surface area contributed by atoms with Crippen molar-refractivity contribution in [1.29, 1.82) is 0 Å². The zero-order chi connectivity index (χ0) is 103. The van der Waals surface area contributed by atoms with Crippen molar-refractivity contribution in [2.45, 2.75) is 269 Å². The zero-order valence-corrected chi connectivity index (χ0v) is 81.7. The molecular weight excluding hydrogens is 1830 g/mol. The summed E-state index contributed by atoms with van der Waals surface area (Å²) in [7, 11) is 0. The number of aliphatic carboxylic acids is 2. The van der Waals surface area contributed by atoms with E-state index >= 15 is 28.8 Å². The van der Waals surface area contributed by atoms with E-state index in [9.17, 15) is 72.9 Å². The van der Waals surface area contributed by atoms with E-state index < -0.39 is 252 Å². The summed E-state index contributed by atoms with van der Waals surface area (Å²) in [4.78, 5) is 264. The van der Waals surface area contributed by atoms with E-state index in [1.54, 1.807) is 110 Å². The summed E-state index contributed by atoms with van der Waals surface area (Å²) < 4.78 is 5.31. The summed E-state index contributed by atoms with van der Waals surface area (Å²) in [6.07, 6.45) is 1.09. The van der Waals surface area contributed by atoms with Crippen LogP contribution >= 0.6 is 11.8 Å². The van der Waals surface area contributed by atoms with Gasteiger partial charge < -0.3 is 128 Å². The Morgan fingerprint density at radius 3 is 1.44 bits per heavy atom. The van der Waals surface area contributed by atoms with Crippen molar-refractivity contribution >= 4 is 129 Å². The summed E-state index contributed by atoms with van der Waals surface area (Å²) in [5.41, 5.74) is 27.2. The number of H-pyrrole nitrogens is 1. The third-order valence-corrected chi connectivity index (χ3v) is 25.3. The van der Waals surface area contributed by atoms with Crippen LogP contribution in [0.3, 0.4) is 0 Å². The molecule has 2 fully saturated rings.